The fraction of sp³-hybridized carbons (Fsp3) is 0.120. The van der Waals surface area contributed by atoms with Crippen molar-refractivity contribution in [1.82, 2.24) is 5.32 Å². The molecule has 168 valence electrons. The fourth-order valence-electron chi connectivity index (χ4n) is 3.37. The smallest absolute Gasteiger partial charge is 0.408 e. The second kappa shape index (κ2) is 9.87. The Morgan fingerprint density at radius 3 is 2.39 bits per heavy atom. The Morgan fingerprint density at radius 2 is 1.70 bits per heavy atom. The first kappa shape index (κ1) is 22.5. The molecule has 2 N–H and O–H groups in total. The Labute approximate surface area is 197 Å². The lowest BCUT2D eigenvalue weighted by molar-refractivity contribution is -0.139. The van der Waals surface area contributed by atoms with Crippen LogP contribution in [0.15, 0.2) is 81.7 Å². The number of benzene rings is 3. The van der Waals surface area contributed by atoms with Crippen LogP contribution >= 0.6 is 15.9 Å². The molecule has 1 aromatic heterocycles. The molecule has 33 heavy (non-hydrogen) atoms. The van der Waals surface area contributed by atoms with Gasteiger partial charge in [-0.3, -0.25) is 0 Å². The number of carbonyl (C=O) groups is 2. The molecule has 1 heterocycles. The lowest BCUT2D eigenvalue weighted by Crippen LogP contribution is -2.42. The van der Waals surface area contributed by atoms with Crippen molar-refractivity contribution < 1.29 is 28.2 Å². The summed E-state index contributed by atoms with van der Waals surface area (Å²) < 4.78 is 24.9. The lowest BCUT2D eigenvalue weighted by atomic mass is 10.0. The maximum absolute atomic E-state index is 13.2. The molecule has 8 heteroatoms. The van der Waals surface area contributed by atoms with Crippen LogP contribution in [-0.4, -0.2) is 23.2 Å². The third kappa shape index (κ3) is 5.78. The Morgan fingerprint density at radius 1 is 1.00 bits per heavy atom. The molecule has 4 aromatic rings. The zero-order valence-electron chi connectivity index (χ0n) is 17.3. The minimum atomic E-state index is -1.16. The van der Waals surface area contributed by atoms with Gasteiger partial charge in [0.25, 0.3) is 0 Å². The van der Waals surface area contributed by atoms with E-state index in [-0.39, 0.29) is 18.8 Å². The summed E-state index contributed by atoms with van der Waals surface area (Å²) in [5, 5.41) is 12.6. The molecule has 1 unspecified atom stereocenters. The molecule has 0 radical (unpaired) electrons. The summed E-state index contributed by atoms with van der Waals surface area (Å²) in [5.74, 6) is -1.05. The molecule has 1 atom stereocenters. The van der Waals surface area contributed by atoms with E-state index in [0.29, 0.717) is 11.3 Å². The number of carboxylic acid groups (broad SMARTS) is 1. The molecule has 0 saturated carbocycles. The molecule has 0 aliphatic heterocycles. The molecule has 3 aromatic carbocycles. The Kier molecular flexibility index (Phi) is 6.74. The number of aliphatic carboxylic acids is 1. The first-order chi connectivity index (χ1) is 15.9. The van der Waals surface area contributed by atoms with Crippen LogP contribution in [-0.2, 0) is 22.6 Å². The zero-order valence-corrected chi connectivity index (χ0v) is 18.8. The van der Waals surface area contributed by atoms with Crippen molar-refractivity contribution >= 4 is 39.0 Å². The number of amides is 1. The quantitative estimate of drug-likeness (QED) is 0.321. The van der Waals surface area contributed by atoms with Gasteiger partial charge >= 0.3 is 12.1 Å². The Bertz CT molecular complexity index is 1280. The summed E-state index contributed by atoms with van der Waals surface area (Å²) in [4.78, 5) is 23.7. The molecule has 0 bridgehead atoms. The fourth-order valence-corrected chi connectivity index (χ4v) is 3.63. The van der Waals surface area contributed by atoms with E-state index in [4.69, 9.17) is 9.15 Å². The van der Waals surface area contributed by atoms with Gasteiger partial charge in [0.1, 0.15) is 23.2 Å². The second-order valence-electron chi connectivity index (χ2n) is 7.41. The van der Waals surface area contributed by atoms with Gasteiger partial charge in [0.15, 0.2) is 6.61 Å². The molecule has 0 aliphatic rings. The topological polar surface area (TPSA) is 88.8 Å². The summed E-state index contributed by atoms with van der Waals surface area (Å²) in [7, 11) is 0. The van der Waals surface area contributed by atoms with Crippen LogP contribution in [0.4, 0.5) is 9.18 Å². The molecular weight excluding hydrogens is 493 g/mol. The number of ether oxygens (including phenoxy) is 1. The number of halogens is 2. The zero-order chi connectivity index (χ0) is 23.4. The van der Waals surface area contributed by atoms with E-state index in [1.54, 1.807) is 48.5 Å². The minimum Gasteiger partial charge on any atom is -0.480 e. The number of alkyl carbamates (subject to hydrolysis) is 1. The van der Waals surface area contributed by atoms with Crippen molar-refractivity contribution in [1.29, 1.82) is 0 Å². The van der Waals surface area contributed by atoms with Crippen LogP contribution in [0.2, 0.25) is 0 Å². The molecule has 4 rings (SSSR count). The predicted molar refractivity (Wildman–Crippen MR) is 124 cm³/mol. The molecule has 0 saturated heterocycles. The van der Waals surface area contributed by atoms with Crippen molar-refractivity contribution in [2.75, 3.05) is 0 Å². The monoisotopic (exact) mass is 511 g/mol. The summed E-state index contributed by atoms with van der Waals surface area (Å²) in [6.45, 7) is -0.156. The van der Waals surface area contributed by atoms with Gasteiger partial charge in [-0.05, 0) is 59.2 Å². The van der Waals surface area contributed by atoms with Crippen LogP contribution in [0, 0.1) is 5.82 Å². The van der Waals surface area contributed by atoms with Crippen LogP contribution < -0.4 is 5.32 Å². The first-order valence-electron chi connectivity index (χ1n) is 10.1. The van der Waals surface area contributed by atoms with Crippen molar-refractivity contribution in [3.8, 4) is 11.1 Å². The van der Waals surface area contributed by atoms with E-state index in [0.717, 1.165) is 26.5 Å². The summed E-state index contributed by atoms with van der Waals surface area (Å²) in [6.07, 6.45) is -0.735. The number of nitrogens with one attached hydrogen (secondary N) is 1. The van der Waals surface area contributed by atoms with Crippen molar-refractivity contribution in [2.24, 2.45) is 0 Å². The van der Waals surface area contributed by atoms with Gasteiger partial charge in [-0.15, -0.1) is 0 Å². The van der Waals surface area contributed by atoms with Gasteiger partial charge in [0.2, 0.25) is 0 Å². The van der Waals surface area contributed by atoms with Crippen LogP contribution in [0.3, 0.4) is 0 Å². The van der Waals surface area contributed by atoms with Gasteiger partial charge in [0.05, 0.1) is 0 Å². The number of fused-ring (bicyclic) bond motifs is 1. The predicted octanol–water partition coefficient (Wildman–Crippen LogP) is 5.92. The first-order valence-corrected chi connectivity index (χ1v) is 10.9. The standard InChI is InChI=1S/C25H19BrFNO5/c26-19-6-1-15(2-7-19)11-22(24(29)30)28-25(31)32-14-21-13-18-12-17(5-10-23(18)33-21)16-3-8-20(27)9-4-16/h1-10,12-13,22H,11,14H2,(H,28,31)(H,29,30). The molecular formula is C25H19BrFNO5. The molecule has 0 aliphatic carbocycles. The number of carboxylic acids is 1. The third-order valence-corrected chi connectivity index (χ3v) is 5.56. The van der Waals surface area contributed by atoms with Gasteiger partial charge in [-0.2, -0.15) is 0 Å². The Hall–Kier alpha value is -3.65. The summed E-state index contributed by atoms with van der Waals surface area (Å²) >= 11 is 3.33. The molecule has 0 fully saturated rings. The number of rotatable bonds is 7. The van der Waals surface area contributed by atoms with Gasteiger partial charge < -0.3 is 19.6 Å². The maximum Gasteiger partial charge on any atom is 0.408 e. The van der Waals surface area contributed by atoms with Crippen LogP contribution in [0.1, 0.15) is 11.3 Å². The van der Waals surface area contributed by atoms with Crippen LogP contribution in [0.25, 0.3) is 22.1 Å². The summed E-state index contributed by atoms with van der Waals surface area (Å²) in [6, 6.07) is 19.5. The number of carbonyl (C=O) groups excluding carboxylic acids is 1. The number of hydrogen-bond acceptors (Lipinski definition) is 4. The largest absolute Gasteiger partial charge is 0.480 e. The minimum absolute atomic E-state index is 0.120. The van der Waals surface area contributed by atoms with Crippen molar-refractivity contribution in [3.05, 3.63) is 94.4 Å². The van der Waals surface area contributed by atoms with E-state index in [1.807, 2.05) is 12.1 Å². The maximum atomic E-state index is 13.2. The molecule has 1 amide bonds. The van der Waals surface area contributed by atoms with E-state index in [9.17, 15) is 19.1 Å². The number of furan rings is 1. The SMILES string of the molecule is O=C(NC(Cc1ccc(Br)cc1)C(=O)O)OCc1cc2cc(-c3ccc(F)cc3)ccc2o1. The average molecular weight is 512 g/mol. The molecule has 0 spiro atoms. The van der Waals surface area contributed by atoms with Gasteiger partial charge in [-0.1, -0.05) is 46.3 Å². The van der Waals surface area contributed by atoms with Gasteiger partial charge in [-0.25, -0.2) is 14.0 Å². The highest BCUT2D eigenvalue weighted by atomic mass is 79.9. The highest BCUT2D eigenvalue weighted by Gasteiger charge is 2.21. The molecule has 6 nitrogen and oxygen atoms in total. The summed E-state index contributed by atoms with van der Waals surface area (Å²) in [5.41, 5.74) is 3.13. The third-order valence-electron chi connectivity index (χ3n) is 5.03. The lowest BCUT2D eigenvalue weighted by Gasteiger charge is -2.14. The van der Waals surface area contributed by atoms with E-state index in [2.05, 4.69) is 21.2 Å². The van der Waals surface area contributed by atoms with E-state index in [1.165, 1.54) is 12.1 Å². The van der Waals surface area contributed by atoms with Crippen molar-refractivity contribution in [2.45, 2.75) is 19.1 Å². The Balaban J connectivity index is 1.38. The van der Waals surface area contributed by atoms with E-state index >= 15 is 0 Å². The normalized spacial score (nSPS) is 11.8. The second-order valence-corrected chi connectivity index (χ2v) is 8.33. The van der Waals surface area contributed by atoms with Crippen LogP contribution in [0.5, 0.6) is 0 Å². The highest BCUT2D eigenvalue weighted by Crippen LogP contribution is 2.27. The highest BCUT2D eigenvalue weighted by molar-refractivity contribution is 9.10. The number of hydrogen-bond donors (Lipinski definition) is 2. The average Bonchev–Trinajstić information content (AvgIpc) is 3.21. The van der Waals surface area contributed by atoms with Gasteiger partial charge in [0, 0.05) is 16.3 Å². The van der Waals surface area contributed by atoms with E-state index < -0.39 is 18.1 Å². The van der Waals surface area contributed by atoms with Crippen molar-refractivity contribution in [3.63, 3.8) is 0 Å².